The van der Waals surface area contributed by atoms with Gasteiger partial charge in [-0.25, -0.2) is 0 Å². The molecule has 0 aliphatic heterocycles. The molecule has 2 aromatic rings. The van der Waals surface area contributed by atoms with Gasteiger partial charge in [0.1, 0.15) is 17.2 Å². The van der Waals surface area contributed by atoms with E-state index in [1.807, 2.05) is 0 Å². The standard InChI is InChI=1S/C23H28O2/c1-15-11-17-13-16(2)23(19(12-15)14-17)18-3-7-21(8-4-18)25-22-9-5-20(24)6-10-22/h3-10,15-17,19,23-24H,11-14H2,1-2H3. The molecule has 0 aromatic heterocycles. The van der Waals surface area contributed by atoms with Crippen LogP contribution in [0.3, 0.4) is 0 Å². The Hall–Kier alpha value is -1.96. The van der Waals surface area contributed by atoms with Gasteiger partial charge in [0.15, 0.2) is 0 Å². The fourth-order valence-electron chi connectivity index (χ4n) is 5.43. The van der Waals surface area contributed by atoms with Crippen molar-refractivity contribution in [3.8, 4) is 17.2 Å². The van der Waals surface area contributed by atoms with E-state index in [-0.39, 0.29) is 5.75 Å². The lowest BCUT2D eigenvalue weighted by atomic mass is 9.59. The lowest BCUT2D eigenvalue weighted by Gasteiger charge is -2.46. The molecule has 2 bridgehead atoms. The summed E-state index contributed by atoms with van der Waals surface area (Å²) in [4.78, 5) is 0. The molecule has 0 radical (unpaired) electrons. The monoisotopic (exact) mass is 336 g/mol. The van der Waals surface area contributed by atoms with Crippen LogP contribution in [0.1, 0.15) is 51.0 Å². The van der Waals surface area contributed by atoms with Crippen LogP contribution in [0.15, 0.2) is 48.5 Å². The molecule has 4 rings (SSSR count). The number of aromatic hydroxyl groups is 1. The first kappa shape index (κ1) is 16.5. The van der Waals surface area contributed by atoms with Crippen LogP contribution in [0, 0.1) is 23.7 Å². The van der Waals surface area contributed by atoms with Gasteiger partial charge in [0.2, 0.25) is 0 Å². The second kappa shape index (κ2) is 6.74. The van der Waals surface area contributed by atoms with Crippen molar-refractivity contribution < 1.29 is 9.84 Å². The Balaban J connectivity index is 1.50. The first-order chi connectivity index (χ1) is 12.1. The summed E-state index contributed by atoms with van der Waals surface area (Å²) in [5, 5.41) is 9.36. The van der Waals surface area contributed by atoms with E-state index >= 15 is 0 Å². The largest absolute Gasteiger partial charge is 0.508 e. The first-order valence-corrected chi connectivity index (χ1v) is 9.65. The van der Waals surface area contributed by atoms with Gasteiger partial charge in [-0.15, -0.1) is 0 Å². The van der Waals surface area contributed by atoms with Crippen LogP contribution in [0.2, 0.25) is 0 Å². The van der Waals surface area contributed by atoms with Gasteiger partial charge in [-0.2, -0.15) is 0 Å². The van der Waals surface area contributed by atoms with E-state index in [2.05, 4.69) is 38.1 Å². The number of rotatable bonds is 3. The van der Waals surface area contributed by atoms with E-state index in [0.717, 1.165) is 35.2 Å². The Morgan fingerprint density at radius 1 is 0.800 bits per heavy atom. The molecule has 2 nitrogen and oxygen atoms in total. The molecule has 5 unspecified atom stereocenters. The zero-order valence-electron chi connectivity index (χ0n) is 15.2. The summed E-state index contributed by atoms with van der Waals surface area (Å²) < 4.78 is 5.89. The van der Waals surface area contributed by atoms with Crippen LogP contribution in [0.25, 0.3) is 0 Å². The molecule has 2 heteroatoms. The zero-order valence-corrected chi connectivity index (χ0v) is 15.2. The normalized spacial score (nSPS) is 31.5. The third kappa shape index (κ3) is 3.53. The Morgan fingerprint density at radius 2 is 1.44 bits per heavy atom. The van der Waals surface area contributed by atoms with Gasteiger partial charge in [-0.05, 0) is 97.2 Å². The fraction of sp³-hybridized carbons (Fsp3) is 0.478. The highest BCUT2D eigenvalue weighted by atomic mass is 16.5. The predicted molar refractivity (Wildman–Crippen MR) is 101 cm³/mol. The summed E-state index contributed by atoms with van der Waals surface area (Å²) in [7, 11) is 0. The summed E-state index contributed by atoms with van der Waals surface area (Å²) in [5.41, 5.74) is 1.48. The molecule has 1 N–H and O–H groups in total. The van der Waals surface area contributed by atoms with Gasteiger partial charge in [-0.3, -0.25) is 0 Å². The third-order valence-electron chi connectivity index (χ3n) is 6.24. The SMILES string of the molecule is CC1CC2CC(C)C(c3ccc(Oc4ccc(O)cc4)cc3)C(C1)C2. The molecular weight excluding hydrogens is 308 g/mol. The highest BCUT2D eigenvalue weighted by Gasteiger charge is 2.40. The van der Waals surface area contributed by atoms with Crippen LogP contribution >= 0.6 is 0 Å². The first-order valence-electron chi connectivity index (χ1n) is 9.65. The van der Waals surface area contributed by atoms with Crippen molar-refractivity contribution in [2.24, 2.45) is 23.7 Å². The van der Waals surface area contributed by atoms with Crippen molar-refractivity contribution >= 4 is 0 Å². The minimum Gasteiger partial charge on any atom is -0.508 e. The average molecular weight is 336 g/mol. The van der Waals surface area contributed by atoms with E-state index < -0.39 is 0 Å². The molecule has 2 aliphatic carbocycles. The van der Waals surface area contributed by atoms with Gasteiger partial charge in [0.25, 0.3) is 0 Å². The minimum absolute atomic E-state index is 0.258. The van der Waals surface area contributed by atoms with Crippen LogP contribution in [-0.4, -0.2) is 5.11 Å². The van der Waals surface area contributed by atoms with E-state index in [4.69, 9.17) is 4.74 Å². The van der Waals surface area contributed by atoms with Gasteiger partial charge >= 0.3 is 0 Å². The topological polar surface area (TPSA) is 29.5 Å². The summed E-state index contributed by atoms with van der Waals surface area (Å²) in [6.07, 6.45) is 5.63. The van der Waals surface area contributed by atoms with Crippen LogP contribution in [-0.2, 0) is 0 Å². The quantitative estimate of drug-likeness (QED) is 0.706. The van der Waals surface area contributed by atoms with Gasteiger partial charge in [0, 0.05) is 0 Å². The summed E-state index contributed by atoms with van der Waals surface area (Å²) in [6, 6.07) is 15.6. The molecule has 25 heavy (non-hydrogen) atoms. The maximum Gasteiger partial charge on any atom is 0.127 e. The van der Waals surface area contributed by atoms with Gasteiger partial charge in [-0.1, -0.05) is 26.0 Å². The van der Waals surface area contributed by atoms with E-state index in [9.17, 15) is 5.11 Å². The number of hydrogen-bond donors (Lipinski definition) is 1. The van der Waals surface area contributed by atoms with Crippen LogP contribution in [0.5, 0.6) is 17.2 Å². The Morgan fingerprint density at radius 3 is 2.12 bits per heavy atom. The third-order valence-corrected chi connectivity index (χ3v) is 6.24. The maximum atomic E-state index is 9.36. The van der Waals surface area contributed by atoms with Crippen molar-refractivity contribution in [3.05, 3.63) is 54.1 Å². The molecule has 132 valence electrons. The van der Waals surface area contributed by atoms with Crippen molar-refractivity contribution in [3.63, 3.8) is 0 Å². The molecular formula is C23H28O2. The molecule has 0 saturated heterocycles. The van der Waals surface area contributed by atoms with Gasteiger partial charge < -0.3 is 9.84 Å². The van der Waals surface area contributed by atoms with Crippen molar-refractivity contribution in [2.45, 2.75) is 45.4 Å². The molecule has 2 saturated carbocycles. The molecule has 2 fully saturated rings. The van der Waals surface area contributed by atoms with E-state index in [1.54, 1.807) is 24.3 Å². The molecule has 2 aliphatic rings. The van der Waals surface area contributed by atoms with Crippen molar-refractivity contribution in [1.82, 2.24) is 0 Å². The van der Waals surface area contributed by atoms with Crippen molar-refractivity contribution in [2.75, 3.05) is 0 Å². The van der Waals surface area contributed by atoms with Crippen molar-refractivity contribution in [1.29, 1.82) is 0 Å². The molecule has 0 amide bonds. The second-order valence-corrected chi connectivity index (χ2v) is 8.34. The zero-order chi connectivity index (χ0) is 17.4. The highest BCUT2D eigenvalue weighted by molar-refractivity contribution is 5.37. The molecule has 0 heterocycles. The summed E-state index contributed by atoms with van der Waals surface area (Å²) >= 11 is 0. The summed E-state index contributed by atoms with van der Waals surface area (Å²) in [5.74, 6) is 6.03. The lowest BCUT2D eigenvalue weighted by molar-refractivity contribution is 0.0854. The molecule has 0 spiro atoms. The number of ether oxygens (including phenoxy) is 1. The van der Waals surface area contributed by atoms with Crippen LogP contribution < -0.4 is 4.74 Å². The Labute approximate surface area is 150 Å². The maximum absolute atomic E-state index is 9.36. The number of phenolic OH excluding ortho intramolecular Hbond substituents is 1. The number of phenols is 1. The van der Waals surface area contributed by atoms with E-state index in [0.29, 0.717) is 5.92 Å². The Bertz CT molecular complexity index is 700. The fourth-order valence-corrected chi connectivity index (χ4v) is 5.43. The lowest BCUT2D eigenvalue weighted by Crippen LogP contribution is -2.35. The van der Waals surface area contributed by atoms with E-state index in [1.165, 1.54) is 31.2 Å². The number of hydrogen-bond acceptors (Lipinski definition) is 2. The molecule has 5 atom stereocenters. The number of benzene rings is 2. The molecule has 2 aromatic carbocycles. The smallest absolute Gasteiger partial charge is 0.127 e. The Kier molecular flexibility index (Phi) is 4.45. The number of fused-ring (bicyclic) bond motifs is 2. The second-order valence-electron chi connectivity index (χ2n) is 8.34. The minimum atomic E-state index is 0.258. The average Bonchev–Trinajstić information content (AvgIpc) is 2.57. The summed E-state index contributed by atoms with van der Waals surface area (Å²) in [6.45, 7) is 4.88. The predicted octanol–water partition coefficient (Wildman–Crippen LogP) is 6.36. The van der Waals surface area contributed by atoms with Crippen LogP contribution in [0.4, 0.5) is 0 Å². The highest BCUT2D eigenvalue weighted by Crippen LogP contribution is 2.52. The van der Waals surface area contributed by atoms with Gasteiger partial charge in [0.05, 0.1) is 0 Å².